The lowest BCUT2D eigenvalue weighted by molar-refractivity contribution is 0.140. The predicted octanol–water partition coefficient (Wildman–Crippen LogP) is 3.07. The molecule has 1 amide bonds. The Morgan fingerprint density at radius 2 is 2.30 bits per heavy atom. The molecule has 0 aliphatic heterocycles. The van der Waals surface area contributed by atoms with Crippen molar-refractivity contribution in [2.75, 3.05) is 7.11 Å². The van der Waals surface area contributed by atoms with Crippen molar-refractivity contribution in [1.82, 2.24) is 5.32 Å². The van der Waals surface area contributed by atoms with Crippen molar-refractivity contribution in [3.8, 4) is 5.75 Å². The summed E-state index contributed by atoms with van der Waals surface area (Å²) in [4.78, 5) is 11.3. The van der Waals surface area contributed by atoms with Crippen LogP contribution >= 0.6 is 0 Å². The maximum absolute atomic E-state index is 11.3. The second-order valence-electron chi connectivity index (χ2n) is 5.57. The number of benzene rings is 1. The van der Waals surface area contributed by atoms with Crippen LogP contribution in [0.5, 0.6) is 5.75 Å². The largest absolute Gasteiger partial charge is 0.497 e. The summed E-state index contributed by atoms with van der Waals surface area (Å²) in [5, 5.41) is 12.1. The van der Waals surface area contributed by atoms with Gasteiger partial charge in [0.2, 0.25) is 0 Å². The highest BCUT2D eigenvalue weighted by Gasteiger charge is 2.45. The van der Waals surface area contributed by atoms with E-state index in [2.05, 4.69) is 23.5 Å². The maximum Gasteiger partial charge on any atom is 0.405 e. The van der Waals surface area contributed by atoms with Crippen molar-refractivity contribution < 1.29 is 14.6 Å². The van der Waals surface area contributed by atoms with E-state index >= 15 is 0 Å². The Morgan fingerprint density at radius 3 is 3.05 bits per heavy atom. The van der Waals surface area contributed by atoms with E-state index < -0.39 is 11.6 Å². The molecule has 0 saturated carbocycles. The summed E-state index contributed by atoms with van der Waals surface area (Å²) in [6, 6.07) is 6.01. The molecule has 2 N–H and O–H groups in total. The zero-order valence-corrected chi connectivity index (χ0v) is 11.6. The summed E-state index contributed by atoms with van der Waals surface area (Å²) < 4.78 is 5.32. The molecule has 1 aromatic carbocycles. The zero-order valence-electron chi connectivity index (χ0n) is 11.6. The van der Waals surface area contributed by atoms with Gasteiger partial charge in [0.15, 0.2) is 0 Å². The fourth-order valence-electron chi connectivity index (χ4n) is 3.65. The van der Waals surface area contributed by atoms with E-state index in [-0.39, 0.29) is 0 Å². The predicted molar refractivity (Wildman–Crippen MR) is 76.0 cm³/mol. The minimum absolute atomic E-state index is 0.322. The average molecular weight is 273 g/mol. The smallest absolute Gasteiger partial charge is 0.405 e. The average Bonchev–Trinajstić information content (AvgIpc) is 2.46. The van der Waals surface area contributed by atoms with Crippen LogP contribution in [0.3, 0.4) is 0 Å². The molecule has 0 saturated heterocycles. The number of aryl methyl sites for hydroxylation is 1. The highest BCUT2D eigenvalue weighted by molar-refractivity contribution is 5.67. The summed E-state index contributed by atoms with van der Waals surface area (Å²) in [6.45, 7) is 0. The first-order valence-electron chi connectivity index (χ1n) is 6.99. The second-order valence-corrected chi connectivity index (χ2v) is 5.57. The van der Waals surface area contributed by atoms with E-state index in [1.54, 1.807) is 7.11 Å². The highest BCUT2D eigenvalue weighted by atomic mass is 16.5. The molecule has 0 radical (unpaired) electrons. The van der Waals surface area contributed by atoms with Crippen molar-refractivity contribution in [3.05, 3.63) is 41.5 Å². The Hall–Kier alpha value is -1.97. The Balaban J connectivity index is 2.14. The van der Waals surface area contributed by atoms with E-state index in [0.29, 0.717) is 12.3 Å². The highest BCUT2D eigenvalue weighted by Crippen LogP contribution is 2.47. The molecule has 2 atom stereocenters. The lowest BCUT2D eigenvalue weighted by Crippen LogP contribution is -2.53. The van der Waals surface area contributed by atoms with Gasteiger partial charge < -0.3 is 15.2 Å². The second kappa shape index (κ2) is 4.85. The van der Waals surface area contributed by atoms with E-state index in [4.69, 9.17) is 4.74 Å². The van der Waals surface area contributed by atoms with Gasteiger partial charge in [0.1, 0.15) is 5.75 Å². The van der Waals surface area contributed by atoms with Crippen LogP contribution in [0, 0.1) is 5.92 Å². The number of hydrogen-bond acceptors (Lipinski definition) is 2. The summed E-state index contributed by atoms with van der Waals surface area (Å²) in [5.74, 6) is 1.11. The Labute approximate surface area is 118 Å². The van der Waals surface area contributed by atoms with Crippen molar-refractivity contribution in [3.63, 3.8) is 0 Å². The molecule has 0 unspecified atom stereocenters. The lowest BCUT2D eigenvalue weighted by atomic mass is 9.64. The van der Waals surface area contributed by atoms with Crippen LogP contribution < -0.4 is 10.1 Å². The Morgan fingerprint density at radius 1 is 1.45 bits per heavy atom. The standard InChI is InChI=1S/C16H19NO3/c1-20-13-8-6-11-5-7-12-4-2-3-9-16(12,14(11)10-13)17-15(18)19/h2-3,6,8,10,12,17H,4-5,7,9H2,1H3,(H,18,19)/t12-,16+/m0/s1. The molecule has 0 heterocycles. The van der Waals surface area contributed by atoms with Crippen molar-refractivity contribution >= 4 is 6.09 Å². The third-order valence-electron chi connectivity index (χ3n) is 4.61. The van der Waals surface area contributed by atoms with Crippen molar-refractivity contribution in [2.24, 2.45) is 5.92 Å². The van der Waals surface area contributed by atoms with E-state index in [9.17, 15) is 9.90 Å². The first-order valence-corrected chi connectivity index (χ1v) is 6.99. The first kappa shape index (κ1) is 13.0. The molecule has 3 rings (SSSR count). The van der Waals surface area contributed by atoms with Gasteiger partial charge in [-0.15, -0.1) is 0 Å². The monoisotopic (exact) mass is 273 g/mol. The molecule has 4 heteroatoms. The number of nitrogens with one attached hydrogen (secondary N) is 1. The molecule has 0 aromatic heterocycles. The molecular weight excluding hydrogens is 254 g/mol. The molecule has 0 bridgehead atoms. The van der Waals surface area contributed by atoms with Gasteiger partial charge in [0.05, 0.1) is 12.6 Å². The summed E-state index contributed by atoms with van der Waals surface area (Å²) in [7, 11) is 1.64. The Bertz CT molecular complexity index is 567. The van der Waals surface area contributed by atoms with E-state index in [0.717, 1.165) is 30.6 Å². The number of allylic oxidation sites excluding steroid dienone is 1. The minimum atomic E-state index is -0.957. The van der Waals surface area contributed by atoms with E-state index in [1.807, 2.05) is 12.1 Å². The molecule has 0 spiro atoms. The van der Waals surface area contributed by atoms with Gasteiger partial charge in [0, 0.05) is 0 Å². The number of rotatable bonds is 2. The van der Waals surface area contributed by atoms with Gasteiger partial charge in [-0.1, -0.05) is 18.2 Å². The van der Waals surface area contributed by atoms with Crippen LogP contribution in [-0.4, -0.2) is 18.3 Å². The molecular formula is C16H19NO3. The van der Waals surface area contributed by atoms with Crippen molar-refractivity contribution in [2.45, 2.75) is 31.2 Å². The normalized spacial score (nSPS) is 27.4. The van der Waals surface area contributed by atoms with Crippen LogP contribution in [0.15, 0.2) is 30.4 Å². The molecule has 2 aliphatic carbocycles. The minimum Gasteiger partial charge on any atom is -0.497 e. The van der Waals surface area contributed by atoms with Crippen LogP contribution in [0.4, 0.5) is 4.79 Å². The van der Waals surface area contributed by atoms with Gasteiger partial charge in [-0.25, -0.2) is 4.79 Å². The van der Waals surface area contributed by atoms with Crippen LogP contribution in [0.1, 0.15) is 30.4 Å². The van der Waals surface area contributed by atoms with Crippen LogP contribution in [0.2, 0.25) is 0 Å². The van der Waals surface area contributed by atoms with Crippen LogP contribution in [-0.2, 0) is 12.0 Å². The number of amides is 1. The fourth-order valence-corrected chi connectivity index (χ4v) is 3.65. The number of fused-ring (bicyclic) bond motifs is 3. The third-order valence-corrected chi connectivity index (χ3v) is 4.61. The molecule has 20 heavy (non-hydrogen) atoms. The number of carboxylic acid groups (broad SMARTS) is 1. The molecule has 4 nitrogen and oxygen atoms in total. The summed E-state index contributed by atoms with van der Waals surface area (Å²) in [5.41, 5.74) is 1.81. The van der Waals surface area contributed by atoms with Gasteiger partial charge >= 0.3 is 6.09 Å². The number of methoxy groups -OCH3 is 1. The van der Waals surface area contributed by atoms with Gasteiger partial charge in [0.25, 0.3) is 0 Å². The van der Waals surface area contributed by atoms with Crippen molar-refractivity contribution in [1.29, 1.82) is 0 Å². The third kappa shape index (κ3) is 1.96. The fraction of sp³-hybridized carbons (Fsp3) is 0.438. The van der Waals surface area contributed by atoms with Gasteiger partial charge in [-0.2, -0.15) is 0 Å². The zero-order chi connectivity index (χ0) is 14.2. The molecule has 2 aliphatic rings. The quantitative estimate of drug-likeness (QED) is 0.814. The number of hydrogen-bond donors (Lipinski definition) is 2. The molecule has 0 fully saturated rings. The van der Waals surface area contributed by atoms with Gasteiger partial charge in [-0.05, 0) is 54.9 Å². The summed E-state index contributed by atoms with van der Waals surface area (Å²) in [6.07, 6.45) is 6.95. The molecule has 1 aromatic rings. The lowest BCUT2D eigenvalue weighted by Gasteiger charge is -2.46. The Kier molecular flexibility index (Phi) is 3.16. The van der Waals surface area contributed by atoms with E-state index in [1.165, 1.54) is 5.56 Å². The van der Waals surface area contributed by atoms with Crippen LogP contribution in [0.25, 0.3) is 0 Å². The van der Waals surface area contributed by atoms with Gasteiger partial charge in [-0.3, -0.25) is 0 Å². The maximum atomic E-state index is 11.3. The first-order chi connectivity index (χ1) is 9.65. The number of ether oxygens (including phenoxy) is 1. The summed E-state index contributed by atoms with van der Waals surface area (Å²) >= 11 is 0. The number of carbonyl (C=O) groups is 1. The SMILES string of the molecule is COc1ccc2c(c1)[C@@]1(NC(=O)O)CC=CC[C@H]1CC2. The molecule has 106 valence electrons. The topological polar surface area (TPSA) is 58.6 Å².